The highest BCUT2D eigenvalue weighted by Crippen LogP contribution is 2.45. The Labute approximate surface area is 238 Å². The second kappa shape index (κ2) is 9.72. The van der Waals surface area contributed by atoms with Gasteiger partial charge >= 0.3 is 5.97 Å². The van der Waals surface area contributed by atoms with Crippen molar-refractivity contribution in [1.29, 1.82) is 0 Å². The van der Waals surface area contributed by atoms with E-state index in [4.69, 9.17) is 10.2 Å². The van der Waals surface area contributed by atoms with Crippen molar-refractivity contribution in [2.75, 3.05) is 11.1 Å². The lowest BCUT2D eigenvalue weighted by molar-refractivity contribution is -0.147. The van der Waals surface area contributed by atoms with Gasteiger partial charge in [-0.05, 0) is 51.8 Å². The van der Waals surface area contributed by atoms with E-state index in [2.05, 4.69) is 30.4 Å². The van der Waals surface area contributed by atoms with Gasteiger partial charge in [0.15, 0.2) is 16.9 Å². The van der Waals surface area contributed by atoms with Crippen LogP contribution in [0.2, 0.25) is 0 Å². The number of carboxylic acid groups (broad SMARTS) is 1. The third-order valence-electron chi connectivity index (χ3n) is 7.68. The van der Waals surface area contributed by atoms with Gasteiger partial charge in [-0.1, -0.05) is 18.2 Å². The maximum absolute atomic E-state index is 14.4. The normalized spacial score (nSPS) is 16.5. The number of benzene rings is 1. The molecule has 1 aliphatic rings. The summed E-state index contributed by atoms with van der Waals surface area (Å²) in [5.74, 6) is -1.26. The summed E-state index contributed by atoms with van der Waals surface area (Å²) in [6, 6.07) is 9.97. The molecule has 5 heterocycles. The first-order valence-electron chi connectivity index (χ1n) is 13.2. The number of amides is 1. The van der Waals surface area contributed by atoms with E-state index in [9.17, 15) is 19.1 Å². The number of nitrogen functional groups attached to an aromatic ring is 1. The van der Waals surface area contributed by atoms with Crippen molar-refractivity contribution >= 4 is 34.5 Å². The Morgan fingerprint density at radius 3 is 2.74 bits per heavy atom. The molecule has 0 bridgehead atoms. The molecule has 42 heavy (non-hydrogen) atoms. The van der Waals surface area contributed by atoms with E-state index in [0.717, 1.165) is 0 Å². The Bertz CT molecular complexity index is 1880. The zero-order chi connectivity index (χ0) is 29.8. The van der Waals surface area contributed by atoms with E-state index in [0.29, 0.717) is 46.4 Å². The maximum atomic E-state index is 14.4. The van der Waals surface area contributed by atoms with Crippen LogP contribution in [0.5, 0.6) is 0 Å². The number of hydrogen-bond donors (Lipinski definition) is 3. The highest BCUT2D eigenvalue weighted by molar-refractivity contribution is 6.08. The number of nitrogens with one attached hydrogen (secondary N) is 1. The number of carboxylic acids is 1. The molecule has 1 amide bonds. The van der Waals surface area contributed by atoms with Crippen LogP contribution in [0.15, 0.2) is 53.3 Å². The van der Waals surface area contributed by atoms with Crippen molar-refractivity contribution < 1.29 is 23.5 Å². The van der Waals surface area contributed by atoms with Crippen LogP contribution >= 0.6 is 0 Å². The number of nitrogens with zero attached hydrogens (tertiary/aromatic N) is 6. The molecule has 6 rings (SSSR count). The van der Waals surface area contributed by atoms with Crippen LogP contribution in [0, 0.1) is 11.2 Å². The number of aliphatic carboxylic acids is 1. The highest BCUT2D eigenvalue weighted by atomic mass is 19.1. The summed E-state index contributed by atoms with van der Waals surface area (Å²) in [7, 11) is 0. The lowest BCUT2D eigenvalue weighted by atomic mass is 9.84. The third-order valence-corrected chi connectivity index (χ3v) is 7.68. The first-order valence-corrected chi connectivity index (χ1v) is 13.2. The molecule has 12 nitrogen and oxygen atoms in total. The number of carbonyl (C=O) groups excluding carboxylic acids is 1. The molecule has 0 saturated heterocycles. The summed E-state index contributed by atoms with van der Waals surface area (Å²) in [5.41, 5.74) is 6.22. The van der Waals surface area contributed by atoms with Gasteiger partial charge < -0.3 is 20.6 Å². The largest absolute Gasteiger partial charge is 0.481 e. The van der Waals surface area contributed by atoms with E-state index < -0.39 is 22.7 Å². The summed E-state index contributed by atoms with van der Waals surface area (Å²) >= 11 is 0. The lowest BCUT2D eigenvalue weighted by Gasteiger charge is -2.19. The van der Waals surface area contributed by atoms with E-state index in [1.54, 1.807) is 62.0 Å². The smallest absolute Gasteiger partial charge is 0.309 e. The van der Waals surface area contributed by atoms with Crippen LogP contribution in [-0.4, -0.2) is 46.7 Å². The van der Waals surface area contributed by atoms with E-state index >= 15 is 0 Å². The Morgan fingerprint density at radius 1 is 1.19 bits per heavy atom. The summed E-state index contributed by atoms with van der Waals surface area (Å²) in [5, 5.41) is 17.5. The van der Waals surface area contributed by atoms with E-state index in [1.807, 2.05) is 0 Å². The number of fused-ring (bicyclic) bond motifs is 2. The molecule has 0 saturated carbocycles. The first kappa shape index (κ1) is 27.0. The van der Waals surface area contributed by atoms with Crippen LogP contribution in [0.3, 0.4) is 0 Å². The minimum absolute atomic E-state index is 0.0308. The van der Waals surface area contributed by atoms with Crippen molar-refractivity contribution in [1.82, 2.24) is 29.7 Å². The molecule has 1 unspecified atom stereocenters. The van der Waals surface area contributed by atoms with Crippen molar-refractivity contribution in [2.24, 2.45) is 5.41 Å². The SMILES string of the molecule is CC(C)(CCc1coc(C2(C)C(=O)Nc3nc(-c4nn(Cc5ccccc5F)c5ncccc45)nc(N)c32)n1)C(=O)O. The molecule has 13 heteroatoms. The second-order valence-electron chi connectivity index (χ2n) is 11.0. The van der Waals surface area contributed by atoms with Gasteiger partial charge in [0.2, 0.25) is 11.8 Å². The fourth-order valence-electron chi connectivity index (χ4n) is 4.99. The van der Waals surface area contributed by atoms with Gasteiger partial charge in [0.1, 0.15) is 29.4 Å². The molecule has 4 N–H and O–H groups in total. The van der Waals surface area contributed by atoms with Gasteiger partial charge in [-0.2, -0.15) is 5.10 Å². The van der Waals surface area contributed by atoms with Crippen LogP contribution in [0.1, 0.15) is 49.9 Å². The third kappa shape index (κ3) is 4.33. The molecular weight excluding hydrogens is 543 g/mol. The Balaban J connectivity index is 1.37. The van der Waals surface area contributed by atoms with E-state index in [-0.39, 0.29) is 35.7 Å². The predicted octanol–water partition coefficient (Wildman–Crippen LogP) is 3.95. The topological polar surface area (TPSA) is 175 Å². The highest BCUT2D eigenvalue weighted by Gasteiger charge is 2.51. The number of anilines is 2. The van der Waals surface area contributed by atoms with Crippen LogP contribution < -0.4 is 11.1 Å². The van der Waals surface area contributed by atoms with Crippen molar-refractivity contribution in [3.8, 4) is 11.5 Å². The van der Waals surface area contributed by atoms with Crippen molar-refractivity contribution in [2.45, 2.75) is 45.6 Å². The molecule has 5 aromatic rings. The maximum Gasteiger partial charge on any atom is 0.309 e. The first-order chi connectivity index (χ1) is 20.0. The van der Waals surface area contributed by atoms with Crippen LogP contribution in [0.4, 0.5) is 16.0 Å². The minimum atomic E-state index is -1.42. The average Bonchev–Trinajstić information content (AvgIpc) is 3.64. The standard InChI is InChI=1S/C29H27FN8O4/c1-28(2,27(40)41)11-10-16-14-42-26(33-16)29(3)19-21(31)34-23(35-22(19)36-25(29)39)20-17-8-6-12-32-24(17)38(37-20)13-15-7-4-5-9-18(15)30/h4-9,12,14H,10-11,13H2,1-3H3,(H,40,41)(H3,31,34,35,36,39). The Hall–Kier alpha value is -5.20. The fraction of sp³-hybridized carbons (Fsp3) is 0.276. The number of oxazole rings is 1. The van der Waals surface area contributed by atoms with Gasteiger partial charge in [0.25, 0.3) is 0 Å². The average molecular weight is 571 g/mol. The monoisotopic (exact) mass is 570 g/mol. The summed E-state index contributed by atoms with van der Waals surface area (Å²) < 4.78 is 21.7. The summed E-state index contributed by atoms with van der Waals surface area (Å²) in [6.45, 7) is 5.02. The summed E-state index contributed by atoms with van der Waals surface area (Å²) in [6.07, 6.45) is 3.70. The second-order valence-corrected chi connectivity index (χ2v) is 11.0. The molecule has 1 aliphatic heterocycles. The number of halogens is 1. The predicted molar refractivity (Wildman–Crippen MR) is 150 cm³/mol. The zero-order valence-corrected chi connectivity index (χ0v) is 23.1. The number of pyridine rings is 1. The minimum Gasteiger partial charge on any atom is -0.481 e. The number of hydrogen-bond acceptors (Lipinski definition) is 9. The number of carbonyl (C=O) groups is 2. The van der Waals surface area contributed by atoms with Gasteiger partial charge in [0, 0.05) is 11.8 Å². The zero-order valence-electron chi connectivity index (χ0n) is 23.1. The fourth-order valence-corrected chi connectivity index (χ4v) is 4.99. The molecule has 1 aromatic carbocycles. The van der Waals surface area contributed by atoms with Gasteiger partial charge in [-0.3, -0.25) is 9.59 Å². The molecule has 4 aromatic heterocycles. The van der Waals surface area contributed by atoms with Crippen molar-refractivity contribution in [3.05, 3.63) is 77.4 Å². The van der Waals surface area contributed by atoms with Gasteiger partial charge in [-0.25, -0.2) is 29.0 Å². The molecule has 0 spiro atoms. The van der Waals surface area contributed by atoms with Crippen molar-refractivity contribution in [3.63, 3.8) is 0 Å². The Kier molecular flexibility index (Phi) is 6.24. The molecular formula is C29H27FN8O4. The van der Waals surface area contributed by atoms with Gasteiger partial charge in [-0.15, -0.1) is 0 Å². The quantitative estimate of drug-likeness (QED) is 0.248. The lowest BCUT2D eigenvalue weighted by Crippen LogP contribution is -2.33. The number of aromatic nitrogens is 6. The Morgan fingerprint density at radius 2 is 1.98 bits per heavy atom. The molecule has 1 atom stereocenters. The van der Waals surface area contributed by atoms with Gasteiger partial charge in [0.05, 0.1) is 28.6 Å². The molecule has 0 radical (unpaired) electrons. The number of nitrogens with two attached hydrogens (primary N) is 1. The number of aryl methyl sites for hydroxylation is 1. The van der Waals surface area contributed by atoms with Crippen LogP contribution in [0.25, 0.3) is 22.6 Å². The summed E-state index contributed by atoms with van der Waals surface area (Å²) in [4.78, 5) is 42.9. The molecule has 0 aliphatic carbocycles. The number of rotatable bonds is 8. The van der Waals surface area contributed by atoms with Crippen LogP contribution in [-0.2, 0) is 28.0 Å². The molecule has 214 valence electrons. The van der Waals surface area contributed by atoms with E-state index in [1.165, 1.54) is 12.3 Å². The molecule has 0 fully saturated rings.